The molecule has 0 bridgehead atoms. The molecular formula is C34H40N6O2. The average Bonchev–Trinajstić information content (AvgIpc) is 3.35. The summed E-state index contributed by atoms with van der Waals surface area (Å²) in [6.45, 7) is 8.61. The normalized spacial score (nSPS) is 18.9. The monoisotopic (exact) mass is 564 g/mol. The molecular weight excluding hydrogens is 524 g/mol. The zero-order valence-electron chi connectivity index (χ0n) is 25.1. The number of hydrogen-bond donors (Lipinski definition) is 1. The molecule has 0 saturated carbocycles. The van der Waals surface area contributed by atoms with Crippen LogP contribution in [0, 0.1) is 12.3 Å². The fourth-order valence-electron chi connectivity index (χ4n) is 7.13. The molecule has 4 aromatic rings. The molecule has 3 fully saturated rings. The summed E-state index contributed by atoms with van der Waals surface area (Å²) in [5.74, 6) is 0.693. The van der Waals surface area contributed by atoms with Crippen molar-refractivity contribution in [1.29, 1.82) is 0 Å². The highest BCUT2D eigenvalue weighted by molar-refractivity contribution is 5.98. The molecule has 1 spiro atoms. The Bertz CT molecular complexity index is 1620. The Labute approximate surface area is 247 Å². The number of fused-ring (bicyclic) bond motifs is 1. The number of nitrogens with one attached hydrogen (secondary N) is 1. The number of likely N-dealkylation sites (tertiary alicyclic amines) is 2. The van der Waals surface area contributed by atoms with E-state index < -0.39 is 0 Å². The highest BCUT2D eigenvalue weighted by atomic mass is 16.5. The van der Waals surface area contributed by atoms with E-state index in [0.29, 0.717) is 5.92 Å². The molecule has 3 aliphatic heterocycles. The van der Waals surface area contributed by atoms with Crippen LogP contribution in [-0.2, 0) is 11.3 Å². The molecule has 2 aromatic heterocycles. The lowest BCUT2D eigenvalue weighted by molar-refractivity contribution is -0.176. The van der Waals surface area contributed by atoms with E-state index in [-0.39, 0.29) is 11.3 Å². The van der Waals surface area contributed by atoms with Gasteiger partial charge in [-0.05, 0) is 113 Å². The summed E-state index contributed by atoms with van der Waals surface area (Å²) in [7, 11) is 6.50. The summed E-state index contributed by atoms with van der Waals surface area (Å²) in [6, 6.07) is 14.7. The summed E-state index contributed by atoms with van der Waals surface area (Å²) >= 11 is 0. The summed E-state index contributed by atoms with van der Waals surface area (Å²) in [4.78, 5) is 22.9. The standard InChI is InChI=1S/C34H40N6O2/c1-22-13-26(14-27(17-38(2)3)31(22)24-9-11-39(4)12-10-24)30-15-28-29(16-35-32(28)37-36-30)23-5-7-25(8-6-23)33(41)40-18-34(19-40)20-42-21-34/h5-8,13-16,24H,9-12,17-21H2,1-4H3,(H,35,37). The fourth-order valence-corrected chi connectivity index (χ4v) is 7.13. The van der Waals surface area contributed by atoms with Crippen LogP contribution in [0.4, 0.5) is 0 Å². The van der Waals surface area contributed by atoms with Crippen LogP contribution in [0.1, 0.15) is 45.8 Å². The van der Waals surface area contributed by atoms with Gasteiger partial charge < -0.3 is 24.4 Å². The Morgan fingerprint density at radius 1 is 1.05 bits per heavy atom. The van der Waals surface area contributed by atoms with Gasteiger partial charge in [0.25, 0.3) is 5.91 Å². The number of piperidine rings is 1. The third-order valence-electron chi connectivity index (χ3n) is 9.42. The van der Waals surface area contributed by atoms with Gasteiger partial charge >= 0.3 is 0 Å². The maximum absolute atomic E-state index is 13.0. The Morgan fingerprint density at radius 2 is 1.79 bits per heavy atom. The van der Waals surface area contributed by atoms with E-state index in [2.05, 4.69) is 71.2 Å². The number of aryl methyl sites for hydroxylation is 1. The van der Waals surface area contributed by atoms with E-state index in [9.17, 15) is 4.79 Å². The lowest BCUT2D eigenvalue weighted by atomic mass is 9.78. The molecule has 0 radical (unpaired) electrons. The molecule has 1 N–H and O–H groups in total. The summed E-state index contributed by atoms with van der Waals surface area (Å²) in [6.07, 6.45) is 4.39. The van der Waals surface area contributed by atoms with E-state index in [0.717, 1.165) is 84.9 Å². The maximum atomic E-state index is 13.0. The minimum Gasteiger partial charge on any atom is -0.380 e. The van der Waals surface area contributed by atoms with Crippen LogP contribution >= 0.6 is 0 Å². The van der Waals surface area contributed by atoms with E-state index in [4.69, 9.17) is 4.74 Å². The Morgan fingerprint density at radius 3 is 2.45 bits per heavy atom. The van der Waals surface area contributed by atoms with Crippen molar-refractivity contribution in [1.82, 2.24) is 29.9 Å². The fraction of sp³-hybridized carbons (Fsp3) is 0.441. The van der Waals surface area contributed by atoms with Gasteiger partial charge in [-0.3, -0.25) is 4.79 Å². The largest absolute Gasteiger partial charge is 0.380 e. The topological polar surface area (TPSA) is 77.6 Å². The molecule has 2 aromatic carbocycles. The number of carbonyl (C=O) groups excluding carboxylic acids is 1. The van der Waals surface area contributed by atoms with Gasteiger partial charge in [0, 0.05) is 47.9 Å². The predicted octanol–water partition coefficient (Wildman–Crippen LogP) is 4.94. The van der Waals surface area contributed by atoms with Crippen molar-refractivity contribution in [2.75, 3.05) is 60.5 Å². The van der Waals surface area contributed by atoms with Gasteiger partial charge in [0.05, 0.1) is 24.3 Å². The van der Waals surface area contributed by atoms with Crippen LogP contribution in [0.25, 0.3) is 33.4 Å². The number of aromatic amines is 1. The van der Waals surface area contributed by atoms with Crippen molar-refractivity contribution >= 4 is 16.9 Å². The molecule has 218 valence electrons. The number of benzene rings is 2. The molecule has 8 heteroatoms. The second-order valence-corrected chi connectivity index (χ2v) is 13.1. The van der Waals surface area contributed by atoms with Crippen LogP contribution in [0.15, 0.2) is 48.7 Å². The first kappa shape index (κ1) is 27.3. The number of amides is 1. The van der Waals surface area contributed by atoms with Gasteiger partial charge in [0.15, 0.2) is 5.65 Å². The van der Waals surface area contributed by atoms with Crippen molar-refractivity contribution in [2.45, 2.75) is 32.2 Å². The van der Waals surface area contributed by atoms with Crippen molar-refractivity contribution in [3.05, 3.63) is 70.9 Å². The van der Waals surface area contributed by atoms with Gasteiger partial charge in [0.1, 0.15) is 0 Å². The molecule has 8 nitrogen and oxygen atoms in total. The molecule has 3 saturated heterocycles. The van der Waals surface area contributed by atoms with Gasteiger partial charge in [-0.15, -0.1) is 10.2 Å². The summed E-state index contributed by atoms with van der Waals surface area (Å²) in [5, 5.41) is 10.2. The first-order valence-corrected chi connectivity index (χ1v) is 15.1. The zero-order chi connectivity index (χ0) is 29.0. The Balaban J connectivity index is 1.17. The van der Waals surface area contributed by atoms with Crippen LogP contribution in [0.3, 0.4) is 0 Å². The lowest BCUT2D eigenvalue weighted by Crippen LogP contribution is -2.67. The molecule has 0 atom stereocenters. The molecule has 5 heterocycles. The van der Waals surface area contributed by atoms with Crippen molar-refractivity contribution in [3.63, 3.8) is 0 Å². The Hall–Kier alpha value is -3.59. The first-order chi connectivity index (χ1) is 20.3. The number of nitrogens with zero attached hydrogens (tertiary/aromatic N) is 5. The highest BCUT2D eigenvalue weighted by Gasteiger charge is 2.50. The number of aromatic nitrogens is 3. The first-order valence-electron chi connectivity index (χ1n) is 15.1. The quantitative estimate of drug-likeness (QED) is 0.357. The molecule has 42 heavy (non-hydrogen) atoms. The second-order valence-electron chi connectivity index (χ2n) is 13.1. The number of rotatable bonds is 6. The second kappa shape index (κ2) is 10.6. The van der Waals surface area contributed by atoms with Crippen molar-refractivity contribution in [3.8, 4) is 22.4 Å². The smallest absolute Gasteiger partial charge is 0.253 e. The molecule has 0 unspecified atom stereocenters. The van der Waals surface area contributed by atoms with E-state index in [1.54, 1.807) is 0 Å². The summed E-state index contributed by atoms with van der Waals surface area (Å²) < 4.78 is 5.35. The van der Waals surface area contributed by atoms with E-state index in [1.165, 1.54) is 29.5 Å². The third-order valence-corrected chi connectivity index (χ3v) is 9.42. The predicted molar refractivity (Wildman–Crippen MR) is 166 cm³/mol. The highest BCUT2D eigenvalue weighted by Crippen LogP contribution is 2.39. The van der Waals surface area contributed by atoms with Gasteiger partial charge in [-0.1, -0.05) is 12.1 Å². The average molecular weight is 565 g/mol. The minimum absolute atomic E-state index is 0.0961. The molecule has 7 rings (SSSR count). The number of hydrogen-bond acceptors (Lipinski definition) is 6. The third kappa shape index (κ3) is 4.91. The van der Waals surface area contributed by atoms with Crippen LogP contribution in [0.2, 0.25) is 0 Å². The van der Waals surface area contributed by atoms with Crippen LogP contribution < -0.4 is 0 Å². The maximum Gasteiger partial charge on any atom is 0.253 e. The molecule has 0 aliphatic carbocycles. The molecule has 3 aliphatic rings. The number of H-pyrrole nitrogens is 1. The van der Waals surface area contributed by atoms with E-state index in [1.807, 2.05) is 35.4 Å². The SMILES string of the molecule is Cc1cc(-c2cc3c(-c4ccc(C(=O)N5CC6(COC6)C5)cc4)c[nH]c3nn2)cc(CN(C)C)c1C1CCN(C)CC1. The summed E-state index contributed by atoms with van der Waals surface area (Å²) in [5.41, 5.74) is 10.0. The molecule has 1 amide bonds. The Kier molecular flexibility index (Phi) is 6.88. The van der Waals surface area contributed by atoms with Crippen molar-refractivity contribution in [2.24, 2.45) is 5.41 Å². The van der Waals surface area contributed by atoms with Crippen LogP contribution in [0.5, 0.6) is 0 Å². The van der Waals surface area contributed by atoms with E-state index >= 15 is 0 Å². The number of carbonyl (C=O) groups is 1. The minimum atomic E-state index is 0.0961. The zero-order valence-corrected chi connectivity index (χ0v) is 25.1. The van der Waals surface area contributed by atoms with Gasteiger partial charge in [-0.25, -0.2) is 0 Å². The van der Waals surface area contributed by atoms with Gasteiger partial charge in [0.2, 0.25) is 0 Å². The van der Waals surface area contributed by atoms with Gasteiger partial charge in [-0.2, -0.15) is 0 Å². The van der Waals surface area contributed by atoms with Crippen molar-refractivity contribution < 1.29 is 9.53 Å². The van der Waals surface area contributed by atoms with Crippen LogP contribution in [-0.4, -0.2) is 96.3 Å². The lowest BCUT2D eigenvalue weighted by Gasteiger charge is -2.54. The number of ether oxygens (including phenoxy) is 1.